The molecule has 12 heavy (non-hydrogen) atoms. The number of rotatable bonds is 0. The molecular formula is C12H20. The summed E-state index contributed by atoms with van der Waals surface area (Å²) in [5, 5.41) is 0. The molecule has 0 amide bonds. The van der Waals surface area contributed by atoms with Crippen molar-refractivity contribution < 1.29 is 0 Å². The van der Waals surface area contributed by atoms with Gasteiger partial charge in [0.25, 0.3) is 0 Å². The van der Waals surface area contributed by atoms with E-state index in [0.717, 1.165) is 17.8 Å². The van der Waals surface area contributed by atoms with Crippen LogP contribution in [0.25, 0.3) is 0 Å². The average molecular weight is 164 g/mol. The smallest absolute Gasteiger partial charge is 0.0169 e. The highest BCUT2D eigenvalue weighted by molar-refractivity contribution is 5.18. The first-order chi connectivity index (χ1) is 5.83. The van der Waals surface area contributed by atoms with Gasteiger partial charge in [-0.05, 0) is 43.9 Å². The van der Waals surface area contributed by atoms with Gasteiger partial charge in [0.2, 0.25) is 0 Å². The molecule has 68 valence electrons. The Hall–Kier alpha value is -0.260. The van der Waals surface area contributed by atoms with E-state index in [1.807, 2.05) is 0 Å². The first kappa shape index (κ1) is 8.34. The van der Waals surface area contributed by atoms with E-state index in [-0.39, 0.29) is 0 Å². The maximum Gasteiger partial charge on any atom is -0.0169 e. The van der Waals surface area contributed by atoms with Crippen LogP contribution in [0.2, 0.25) is 0 Å². The molecule has 2 aliphatic carbocycles. The zero-order valence-electron chi connectivity index (χ0n) is 8.34. The molecule has 0 radical (unpaired) electrons. The van der Waals surface area contributed by atoms with Crippen LogP contribution in [0.1, 0.15) is 46.0 Å². The predicted molar refractivity (Wildman–Crippen MR) is 53.0 cm³/mol. The number of fused-ring (bicyclic) bond motifs is 1. The predicted octanol–water partition coefficient (Wildman–Crippen LogP) is 3.78. The normalized spacial score (nSPS) is 44.8. The van der Waals surface area contributed by atoms with Gasteiger partial charge in [0.05, 0.1) is 0 Å². The third-order valence-electron chi connectivity index (χ3n) is 3.72. The Labute approximate surface area is 76.1 Å². The van der Waals surface area contributed by atoms with Crippen molar-refractivity contribution in [1.82, 2.24) is 0 Å². The van der Waals surface area contributed by atoms with Gasteiger partial charge in [0.15, 0.2) is 0 Å². The van der Waals surface area contributed by atoms with Gasteiger partial charge in [-0.25, -0.2) is 0 Å². The van der Waals surface area contributed by atoms with E-state index in [1.165, 1.54) is 32.1 Å². The first-order valence-electron chi connectivity index (χ1n) is 5.49. The van der Waals surface area contributed by atoms with Crippen molar-refractivity contribution >= 4 is 0 Å². The molecule has 0 heterocycles. The first-order valence-corrected chi connectivity index (χ1v) is 5.49. The summed E-state index contributed by atoms with van der Waals surface area (Å²) in [5.41, 5.74) is 1.78. The Morgan fingerprint density at radius 2 is 2.00 bits per heavy atom. The van der Waals surface area contributed by atoms with Gasteiger partial charge in [-0.1, -0.05) is 31.4 Å². The lowest BCUT2D eigenvalue weighted by Crippen LogP contribution is -2.05. The SMILES string of the molecule is CC=C1C(C)CCCCC2CC12. The van der Waals surface area contributed by atoms with Crippen molar-refractivity contribution in [3.8, 4) is 0 Å². The van der Waals surface area contributed by atoms with Crippen LogP contribution in [0, 0.1) is 17.8 Å². The standard InChI is InChI=1S/C12H20/c1-3-11-9(2)6-4-5-7-10-8-12(10)11/h3,9-10,12H,4-8H2,1-2H3. The zero-order valence-corrected chi connectivity index (χ0v) is 8.34. The summed E-state index contributed by atoms with van der Waals surface area (Å²) in [5.74, 6) is 2.97. The van der Waals surface area contributed by atoms with E-state index < -0.39 is 0 Å². The summed E-state index contributed by atoms with van der Waals surface area (Å²) in [6.07, 6.45) is 9.78. The van der Waals surface area contributed by atoms with Gasteiger partial charge >= 0.3 is 0 Å². The topological polar surface area (TPSA) is 0 Å². The van der Waals surface area contributed by atoms with Gasteiger partial charge in [0, 0.05) is 0 Å². The maximum absolute atomic E-state index is 2.41. The Bertz CT molecular complexity index is 186. The molecule has 0 spiro atoms. The van der Waals surface area contributed by atoms with E-state index in [2.05, 4.69) is 19.9 Å². The lowest BCUT2D eigenvalue weighted by atomic mass is 9.87. The van der Waals surface area contributed by atoms with Gasteiger partial charge in [-0.15, -0.1) is 0 Å². The van der Waals surface area contributed by atoms with Crippen LogP contribution in [-0.2, 0) is 0 Å². The molecule has 0 N–H and O–H groups in total. The minimum atomic E-state index is 0.880. The van der Waals surface area contributed by atoms with E-state index >= 15 is 0 Å². The second-order valence-corrected chi connectivity index (χ2v) is 4.58. The van der Waals surface area contributed by atoms with Gasteiger partial charge in [-0.3, -0.25) is 0 Å². The highest BCUT2D eigenvalue weighted by Gasteiger charge is 2.40. The Balaban J connectivity index is 2.07. The second-order valence-electron chi connectivity index (χ2n) is 4.58. The van der Waals surface area contributed by atoms with Crippen LogP contribution in [-0.4, -0.2) is 0 Å². The number of hydrogen-bond donors (Lipinski definition) is 0. The molecule has 0 nitrogen and oxygen atoms in total. The van der Waals surface area contributed by atoms with Crippen LogP contribution in [0.15, 0.2) is 11.6 Å². The monoisotopic (exact) mass is 164 g/mol. The molecule has 0 aromatic heterocycles. The van der Waals surface area contributed by atoms with Crippen LogP contribution >= 0.6 is 0 Å². The number of hydrogen-bond acceptors (Lipinski definition) is 0. The highest BCUT2D eigenvalue weighted by Crippen LogP contribution is 2.51. The van der Waals surface area contributed by atoms with Crippen LogP contribution in [0.5, 0.6) is 0 Å². The second kappa shape index (κ2) is 3.24. The van der Waals surface area contributed by atoms with E-state index in [1.54, 1.807) is 5.57 Å². The summed E-state index contributed by atoms with van der Waals surface area (Å²) >= 11 is 0. The van der Waals surface area contributed by atoms with Crippen molar-refractivity contribution in [2.45, 2.75) is 46.0 Å². The maximum atomic E-state index is 2.41. The quantitative estimate of drug-likeness (QED) is 0.478. The molecule has 0 aliphatic heterocycles. The highest BCUT2D eigenvalue weighted by atomic mass is 14.5. The van der Waals surface area contributed by atoms with Crippen molar-refractivity contribution in [2.24, 2.45) is 17.8 Å². The molecule has 0 heteroatoms. The van der Waals surface area contributed by atoms with Crippen molar-refractivity contribution in [1.29, 1.82) is 0 Å². The molecule has 3 unspecified atom stereocenters. The van der Waals surface area contributed by atoms with Gasteiger partial charge in [0.1, 0.15) is 0 Å². The van der Waals surface area contributed by atoms with E-state index in [0.29, 0.717) is 0 Å². The van der Waals surface area contributed by atoms with Crippen molar-refractivity contribution in [2.75, 3.05) is 0 Å². The minimum absolute atomic E-state index is 0.880. The summed E-state index contributed by atoms with van der Waals surface area (Å²) in [6, 6.07) is 0. The fourth-order valence-corrected chi connectivity index (χ4v) is 2.86. The third kappa shape index (κ3) is 1.44. The largest absolute Gasteiger partial charge is 0.0879 e. The molecule has 0 aromatic carbocycles. The minimum Gasteiger partial charge on any atom is -0.0879 e. The van der Waals surface area contributed by atoms with E-state index in [9.17, 15) is 0 Å². The summed E-state index contributed by atoms with van der Waals surface area (Å²) in [6.45, 7) is 4.64. The zero-order chi connectivity index (χ0) is 8.55. The molecule has 0 saturated heterocycles. The van der Waals surface area contributed by atoms with E-state index in [4.69, 9.17) is 0 Å². The molecule has 3 atom stereocenters. The molecule has 2 aliphatic rings. The summed E-state index contributed by atoms with van der Waals surface area (Å²) < 4.78 is 0. The van der Waals surface area contributed by atoms with Crippen LogP contribution < -0.4 is 0 Å². The fourth-order valence-electron chi connectivity index (χ4n) is 2.86. The Kier molecular flexibility index (Phi) is 2.25. The van der Waals surface area contributed by atoms with Crippen molar-refractivity contribution in [3.05, 3.63) is 11.6 Å². The fraction of sp³-hybridized carbons (Fsp3) is 0.833. The Morgan fingerprint density at radius 1 is 1.25 bits per heavy atom. The van der Waals surface area contributed by atoms with Crippen molar-refractivity contribution in [3.63, 3.8) is 0 Å². The molecular weight excluding hydrogens is 144 g/mol. The molecule has 0 aromatic rings. The molecule has 0 bridgehead atoms. The molecule has 2 saturated carbocycles. The lowest BCUT2D eigenvalue weighted by Gasteiger charge is -2.18. The average Bonchev–Trinajstić information content (AvgIpc) is 2.76. The molecule has 2 fully saturated rings. The molecule has 2 rings (SSSR count). The summed E-state index contributed by atoms with van der Waals surface area (Å²) in [4.78, 5) is 0. The third-order valence-corrected chi connectivity index (χ3v) is 3.72. The van der Waals surface area contributed by atoms with Crippen LogP contribution in [0.3, 0.4) is 0 Å². The lowest BCUT2D eigenvalue weighted by molar-refractivity contribution is 0.473. The number of allylic oxidation sites excluding steroid dienone is 2. The van der Waals surface area contributed by atoms with Gasteiger partial charge in [-0.2, -0.15) is 0 Å². The van der Waals surface area contributed by atoms with Crippen LogP contribution in [0.4, 0.5) is 0 Å². The van der Waals surface area contributed by atoms with Gasteiger partial charge < -0.3 is 0 Å². The Morgan fingerprint density at radius 3 is 2.75 bits per heavy atom. The summed E-state index contributed by atoms with van der Waals surface area (Å²) in [7, 11) is 0.